The van der Waals surface area contributed by atoms with Gasteiger partial charge in [0.05, 0.1) is 31.7 Å². The molecule has 3 aromatic rings. The van der Waals surface area contributed by atoms with Crippen molar-refractivity contribution >= 4 is 16.8 Å². The third kappa shape index (κ3) is 3.13. The third-order valence-corrected chi connectivity index (χ3v) is 5.59. The molecule has 1 amide bonds. The van der Waals surface area contributed by atoms with Crippen LogP contribution in [0.25, 0.3) is 10.9 Å². The van der Waals surface area contributed by atoms with E-state index in [9.17, 15) is 4.79 Å². The Bertz CT molecular complexity index is 935. The highest BCUT2D eigenvalue weighted by Crippen LogP contribution is 2.21. The van der Waals surface area contributed by atoms with Gasteiger partial charge >= 0.3 is 0 Å². The molecule has 2 aromatic carbocycles. The molecule has 1 N–H and O–H groups in total. The lowest BCUT2D eigenvalue weighted by Gasteiger charge is -2.32. The van der Waals surface area contributed by atoms with E-state index in [-0.39, 0.29) is 5.91 Å². The molecule has 1 saturated heterocycles. The molecular weight excluding hydrogens is 322 g/mol. The van der Waals surface area contributed by atoms with Crippen LogP contribution in [-0.4, -0.2) is 41.6 Å². The van der Waals surface area contributed by atoms with Crippen LogP contribution in [0.5, 0.6) is 0 Å². The summed E-state index contributed by atoms with van der Waals surface area (Å²) >= 11 is 0. The van der Waals surface area contributed by atoms with E-state index in [4.69, 9.17) is 0 Å². The lowest BCUT2D eigenvalue weighted by Crippen LogP contribution is -3.13. The zero-order valence-corrected chi connectivity index (χ0v) is 15.5. The molecule has 1 aliphatic rings. The predicted octanol–water partition coefficient (Wildman–Crippen LogP) is 2.03. The Balaban J connectivity index is 1.44. The molecule has 26 heavy (non-hydrogen) atoms. The molecule has 134 valence electrons. The van der Waals surface area contributed by atoms with Crippen molar-refractivity contribution in [2.24, 2.45) is 7.05 Å². The monoisotopic (exact) mass is 348 g/mol. The summed E-state index contributed by atoms with van der Waals surface area (Å²) in [5.74, 6) is 0.164. The number of hydrogen-bond acceptors (Lipinski definition) is 1. The van der Waals surface area contributed by atoms with Crippen LogP contribution in [0.15, 0.2) is 54.7 Å². The topological polar surface area (TPSA) is 29.7 Å². The van der Waals surface area contributed by atoms with Crippen molar-refractivity contribution < 1.29 is 9.69 Å². The number of fused-ring (bicyclic) bond motifs is 1. The quantitative estimate of drug-likeness (QED) is 0.771. The van der Waals surface area contributed by atoms with Gasteiger partial charge in [-0.3, -0.25) is 4.79 Å². The maximum absolute atomic E-state index is 13.0. The van der Waals surface area contributed by atoms with Crippen LogP contribution in [0.4, 0.5) is 0 Å². The van der Waals surface area contributed by atoms with E-state index in [0.717, 1.165) is 49.2 Å². The number of rotatable bonds is 3. The van der Waals surface area contributed by atoms with Gasteiger partial charge in [-0.05, 0) is 18.6 Å². The number of nitrogens with one attached hydrogen (secondary N) is 1. The van der Waals surface area contributed by atoms with Crippen LogP contribution in [0, 0.1) is 6.92 Å². The number of aryl methyl sites for hydroxylation is 2. The first-order valence-corrected chi connectivity index (χ1v) is 9.35. The number of aromatic nitrogens is 1. The minimum Gasteiger partial charge on any atom is -0.350 e. The Kier molecular flexibility index (Phi) is 4.51. The fourth-order valence-electron chi connectivity index (χ4n) is 3.96. The normalized spacial score (nSPS) is 15.5. The second kappa shape index (κ2) is 6.96. The van der Waals surface area contributed by atoms with Gasteiger partial charge in [0.15, 0.2) is 0 Å². The van der Waals surface area contributed by atoms with E-state index >= 15 is 0 Å². The van der Waals surface area contributed by atoms with E-state index < -0.39 is 0 Å². The minimum absolute atomic E-state index is 0.164. The van der Waals surface area contributed by atoms with Gasteiger partial charge in [-0.1, -0.05) is 42.5 Å². The van der Waals surface area contributed by atoms with Gasteiger partial charge < -0.3 is 14.4 Å². The molecule has 1 aliphatic heterocycles. The third-order valence-electron chi connectivity index (χ3n) is 5.59. The average Bonchev–Trinajstić information content (AvgIpc) is 3.01. The molecule has 2 heterocycles. The summed E-state index contributed by atoms with van der Waals surface area (Å²) in [6, 6.07) is 16.7. The van der Waals surface area contributed by atoms with Crippen LogP contribution < -0.4 is 4.90 Å². The predicted molar refractivity (Wildman–Crippen MR) is 104 cm³/mol. The van der Waals surface area contributed by atoms with E-state index in [1.54, 1.807) is 4.90 Å². The van der Waals surface area contributed by atoms with Crippen molar-refractivity contribution in [2.45, 2.75) is 13.5 Å². The minimum atomic E-state index is 0.164. The maximum Gasteiger partial charge on any atom is 0.256 e. The zero-order chi connectivity index (χ0) is 18.1. The Hall–Kier alpha value is -2.59. The van der Waals surface area contributed by atoms with E-state index in [1.807, 2.05) is 40.9 Å². The Labute approximate surface area is 154 Å². The second-order valence-corrected chi connectivity index (χ2v) is 7.32. The number of benzene rings is 2. The number of piperazine rings is 1. The standard InChI is InChI=1S/C22H25N3O/c1-17-7-3-4-8-18(17)15-24-11-13-25(14-12-24)22(26)20-16-23(2)21-10-6-5-9-19(20)21/h3-10,16H,11-15H2,1-2H3/p+1. The van der Waals surface area contributed by atoms with Gasteiger partial charge in [0, 0.05) is 29.7 Å². The summed E-state index contributed by atoms with van der Waals surface area (Å²) in [5, 5.41) is 1.05. The molecule has 4 rings (SSSR count). The first kappa shape index (κ1) is 16.9. The lowest BCUT2D eigenvalue weighted by molar-refractivity contribution is -0.917. The molecule has 0 aliphatic carbocycles. The molecule has 0 radical (unpaired) electrons. The van der Waals surface area contributed by atoms with Gasteiger partial charge in [0.2, 0.25) is 0 Å². The average molecular weight is 348 g/mol. The van der Waals surface area contributed by atoms with Crippen LogP contribution in [0.2, 0.25) is 0 Å². The summed E-state index contributed by atoms with van der Waals surface area (Å²) in [5.41, 5.74) is 4.70. The number of amides is 1. The SMILES string of the molecule is Cc1ccccc1C[NH+]1CCN(C(=O)c2cn(C)c3ccccc23)CC1. The zero-order valence-electron chi connectivity index (χ0n) is 15.5. The number of nitrogens with zero attached hydrogens (tertiary/aromatic N) is 2. The van der Waals surface area contributed by atoms with Gasteiger partial charge in [0.1, 0.15) is 6.54 Å². The summed E-state index contributed by atoms with van der Waals surface area (Å²) in [7, 11) is 2.00. The van der Waals surface area contributed by atoms with Crippen molar-refractivity contribution in [1.29, 1.82) is 0 Å². The van der Waals surface area contributed by atoms with Crippen molar-refractivity contribution in [1.82, 2.24) is 9.47 Å². The molecule has 1 fully saturated rings. The Morgan fingerprint density at radius 1 is 1.04 bits per heavy atom. The molecule has 0 saturated carbocycles. The molecule has 0 bridgehead atoms. The van der Waals surface area contributed by atoms with Crippen LogP contribution in [0.3, 0.4) is 0 Å². The lowest BCUT2D eigenvalue weighted by atomic mass is 10.1. The van der Waals surface area contributed by atoms with Crippen molar-refractivity contribution in [2.75, 3.05) is 26.2 Å². The molecule has 1 aromatic heterocycles. The molecule has 0 atom stereocenters. The van der Waals surface area contributed by atoms with Gasteiger partial charge in [-0.25, -0.2) is 0 Å². The van der Waals surface area contributed by atoms with Gasteiger partial charge in [-0.2, -0.15) is 0 Å². The van der Waals surface area contributed by atoms with Gasteiger partial charge in [0.25, 0.3) is 5.91 Å². The smallest absolute Gasteiger partial charge is 0.256 e. The highest BCUT2D eigenvalue weighted by Gasteiger charge is 2.26. The number of para-hydroxylation sites is 1. The first-order chi connectivity index (χ1) is 12.6. The fraction of sp³-hybridized carbons (Fsp3) is 0.318. The van der Waals surface area contributed by atoms with E-state index in [1.165, 1.54) is 11.1 Å². The van der Waals surface area contributed by atoms with E-state index in [2.05, 4.69) is 37.3 Å². The Morgan fingerprint density at radius 2 is 1.73 bits per heavy atom. The van der Waals surface area contributed by atoms with Crippen LogP contribution in [-0.2, 0) is 13.6 Å². The number of quaternary nitrogens is 1. The highest BCUT2D eigenvalue weighted by molar-refractivity contribution is 6.07. The number of hydrogen-bond donors (Lipinski definition) is 1. The van der Waals surface area contributed by atoms with E-state index in [0.29, 0.717) is 0 Å². The summed E-state index contributed by atoms with van der Waals surface area (Å²) in [6.07, 6.45) is 1.97. The number of carbonyl (C=O) groups is 1. The second-order valence-electron chi connectivity index (χ2n) is 7.32. The summed E-state index contributed by atoms with van der Waals surface area (Å²) < 4.78 is 2.04. The molecule has 0 unspecified atom stereocenters. The number of carbonyl (C=O) groups excluding carboxylic acids is 1. The highest BCUT2D eigenvalue weighted by atomic mass is 16.2. The van der Waals surface area contributed by atoms with Crippen LogP contribution in [0.1, 0.15) is 21.5 Å². The van der Waals surface area contributed by atoms with Crippen molar-refractivity contribution in [3.8, 4) is 0 Å². The Morgan fingerprint density at radius 3 is 2.50 bits per heavy atom. The maximum atomic E-state index is 13.0. The molecular formula is C22H26N3O+. The summed E-state index contributed by atoms with van der Waals surface area (Å²) in [6.45, 7) is 6.88. The fourth-order valence-corrected chi connectivity index (χ4v) is 3.96. The largest absolute Gasteiger partial charge is 0.350 e. The van der Waals surface area contributed by atoms with Crippen molar-refractivity contribution in [3.05, 3.63) is 71.4 Å². The molecule has 0 spiro atoms. The molecule has 4 heteroatoms. The van der Waals surface area contributed by atoms with Crippen molar-refractivity contribution in [3.63, 3.8) is 0 Å². The summed E-state index contributed by atoms with van der Waals surface area (Å²) in [4.78, 5) is 16.6. The first-order valence-electron chi connectivity index (χ1n) is 9.35. The van der Waals surface area contributed by atoms with Crippen LogP contribution >= 0.6 is 0 Å². The molecule has 4 nitrogen and oxygen atoms in total. The van der Waals surface area contributed by atoms with Gasteiger partial charge in [-0.15, -0.1) is 0 Å².